The lowest BCUT2D eigenvalue weighted by molar-refractivity contribution is 0.0687. The molecule has 6 heteroatoms. The van der Waals surface area contributed by atoms with Gasteiger partial charge in [-0.25, -0.2) is 9.48 Å². The second-order valence-electron chi connectivity index (χ2n) is 4.77. The minimum atomic E-state index is -1.36. The van der Waals surface area contributed by atoms with Gasteiger partial charge in [-0.05, 0) is 31.2 Å². The molecule has 0 unspecified atom stereocenters. The van der Waals surface area contributed by atoms with Gasteiger partial charge in [0.05, 0.1) is 12.0 Å². The molecule has 0 aliphatic carbocycles. The van der Waals surface area contributed by atoms with E-state index in [2.05, 4.69) is 5.10 Å². The lowest BCUT2D eigenvalue weighted by Crippen LogP contribution is -2.22. The van der Waals surface area contributed by atoms with Crippen molar-refractivity contribution in [2.45, 2.75) is 6.92 Å². The molecule has 3 aromatic rings. The van der Waals surface area contributed by atoms with Crippen LogP contribution in [0.5, 0.6) is 0 Å². The van der Waals surface area contributed by atoms with E-state index in [9.17, 15) is 9.59 Å². The van der Waals surface area contributed by atoms with Crippen LogP contribution in [0.25, 0.3) is 17.1 Å². The normalized spacial score (nSPS) is 10.6. The van der Waals surface area contributed by atoms with Gasteiger partial charge in [-0.15, -0.1) is 0 Å². The van der Waals surface area contributed by atoms with Crippen LogP contribution in [0.4, 0.5) is 0 Å². The molecule has 0 spiro atoms. The molecule has 6 nitrogen and oxygen atoms in total. The van der Waals surface area contributed by atoms with Crippen molar-refractivity contribution in [3.05, 3.63) is 70.2 Å². The quantitative estimate of drug-likeness (QED) is 0.802. The largest absolute Gasteiger partial charge is 0.476 e. The van der Waals surface area contributed by atoms with E-state index in [4.69, 9.17) is 9.52 Å². The van der Waals surface area contributed by atoms with E-state index in [-0.39, 0.29) is 0 Å². The van der Waals surface area contributed by atoms with E-state index < -0.39 is 17.1 Å². The Kier molecular flexibility index (Phi) is 3.34. The fraction of sp³-hybridized carbons (Fsp3) is 0.0625. The van der Waals surface area contributed by atoms with E-state index >= 15 is 0 Å². The van der Waals surface area contributed by atoms with Gasteiger partial charge in [0.2, 0.25) is 11.1 Å². The van der Waals surface area contributed by atoms with Gasteiger partial charge < -0.3 is 9.52 Å². The molecule has 0 fully saturated rings. The van der Waals surface area contributed by atoms with Crippen LogP contribution in [0.1, 0.15) is 16.1 Å². The highest BCUT2D eigenvalue weighted by Gasteiger charge is 2.17. The van der Waals surface area contributed by atoms with Gasteiger partial charge in [0.15, 0.2) is 5.76 Å². The monoisotopic (exact) mass is 296 g/mol. The van der Waals surface area contributed by atoms with Crippen molar-refractivity contribution < 1.29 is 14.3 Å². The van der Waals surface area contributed by atoms with Crippen molar-refractivity contribution in [2.24, 2.45) is 0 Å². The number of furan rings is 1. The second-order valence-corrected chi connectivity index (χ2v) is 4.77. The topological polar surface area (TPSA) is 85.3 Å². The smallest absolute Gasteiger partial charge is 0.360 e. The maximum absolute atomic E-state index is 11.9. The number of hydrogen-bond acceptors (Lipinski definition) is 4. The third-order valence-electron chi connectivity index (χ3n) is 3.18. The molecule has 0 saturated heterocycles. The molecule has 0 atom stereocenters. The van der Waals surface area contributed by atoms with E-state index in [1.165, 1.54) is 17.0 Å². The zero-order chi connectivity index (χ0) is 15.7. The summed E-state index contributed by atoms with van der Waals surface area (Å²) in [5.41, 5.74) is 0.893. The summed E-state index contributed by atoms with van der Waals surface area (Å²) in [6.07, 6.45) is 1.48. The van der Waals surface area contributed by atoms with Crippen LogP contribution >= 0.6 is 0 Å². The van der Waals surface area contributed by atoms with Gasteiger partial charge in [-0.2, -0.15) is 5.10 Å². The number of rotatable bonds is 3. The molecule has 3 rings (SSSR count). The molecule has 1 N–H and O–H groups in total. The molecule has 22 heavy (non-hydrogen) atoms. The molecular formula is C16H12N2O4. The first-order chi connectivity index (χ1) is 10.6. The Morgan fingerprint density at radius 1 is 1.23 bits per heavy atom. The van der Waals surface area contributed by atoms with E-state index in [0.29, 0.717) is 17.1 Å². The first kappa shape index (κ1) is 13.8. The van der Waals surface area contributed by atoms with E-state index in [0.717, 1.165) is 5.56 Å². The molecule has 0 amide bonds. The summed E-state index contributed by atoms with van der Waals surface area (Å²) >= 11 is 0. The van der Waals surface area contributed by atoms with Gasteiger partial charge in [0.1, 0.15) is 5.69 Å². The van der Waals surface area contributed by atoms with Crippen molar-refractivity contribution in [1.82, 2.24) is 9.78 Å². The maximum atomic E-state index is 11.9. The Balaban J connectivity index is 2.29. The maximum Gasteiger partial charge on any atom is 0.360 e. The molecule has 0 bridgehead atoms. The number of aromatic carboxylic acids is 1. The lowest BCUT2D eigenvalue weighted by atomic mass is 10.2. The van der Waals surface area contributed by atoms with E-state index in [1.54, 1.807) is 24.3 Å². The molecule has 0 aliphatic heterocycles. The highest BCUT2D eigenvalue weighted by atomic mass is 16.4. The number of carboxylic acid groups (broad SMARTS) is 1. The standard InChI is InChI=1S/C16H12N2O4/c1-10-4-6-11(7-5-10)18-12(14-3-2-8-22-14)9-13(19)15(17-18)16(20)21/h2-9H,1H3,(H,20,21). The first-order valence-electron chi connectivity index (χ1n) is 6.55. The Hall–Kier alpha value is -3.15. The fourth-order valence-electron chi connectivity index (χ4n) is 2.09. The van der Waals surface area contributed by atoms with Crippen LogP contribution in [0.2, 0.25) is 0 Å². The van der Waals surface area contributed by atoms with Crippen molar-refractivity contribution >= 4 is 5.97 Å². The molecule has 0 saturated carbocycles. The van der Waals surface area contributed by atoms with Crippen molar-refractivity contribution in [1.29, 1.82) is 0 Å². The Labute approximate surface area is 125 Å². The highest BCUT2D eigenvalue weighted by Crippen LogP contribution is 2.21. The summed E-state index contributed by atoms with van der Waals surface area (Å²) in [6, 6.07) is 11.9. The summed E-state index contributed by atoms with van der Waals surface area (Å²) in [5.74, 6) is -0.932. The molecular weight excluding hydrogens is 284 g/mol. The predicted molar refractivity (Wildman–Crippen MR) is 79.2 cm³/mol. The number of aromatic nitrogens is 2. The van der Waals surface area contributed by atoms with Crippen molar-refractivity contribution in [3.8, 4) is 17.1 Å². The fourth-order valence-corrected chi connectivity index (χ4v) is 2.09. The zero-order valence-electron chi connectivity index (χ0n) is 11.7. The van der Waals surface area contributed by atoms with Crippen molar-refractivity contribution in [2.75, 3.05) is 0 Å². The van der Waals surface area contributed by atoms with Crippen LogP contribution < -0.4 is 5.43 Å². The van der Waals surface area contributed by atoms with Crippen LogP contribution in [-0.2, 0) is 0 Å². The molecule has 0 aliphatic rings. The van der Waals surface area contributed by atoms with Gasteiger partial charge in [-0.1, -0.05) is 17.7 Å². The average Bonchev–Trinajstić information content (AvgIpc) is 3.02. The summed E-state index contributed by atoms with van der Waals surface area (Å²) in [7, 11) is 0. The van der Waals surface area contributed by atoms with Gasteiger partial charge in [0, 0.05) is 6.07 Å². The SMILES string of the molecule is Cc1ccc(-n2nc(C(=O)O)c(=O)cc2-c2ccco2)cc1. The number of hydrogen-bond donors (Lipinski definition) is 1. The number of aryl methyl sites for hydroxylation is 1. The lowest BCUT2D eigenvalue weighted by Gasteiger charge is -2.11. The predicted octanol–water partition coefficient (Wildman–Crippen LogP) is 2.50. The van der Waals surface area contributed by atoms with Gasteiger partial charge >= 0.3 is 5.97 Å². The molecule has 2 aromatic heterocycles. The molecule has 2 heterocycles. The van der Waals surface area contributed by atoms with Crippen LogP contribution in [0.3, 0.4) is 0 Å². The van der Waals surface area contributed by atoms with Crippen LogP contribution in [0, 0.1) is 6.92 Å². The summed E-state index contributed by atoms with van der Waals surface area (Å²) in [4.78, 5) is 23.1. The van der Waals surface area contributed by atoms with Crippen molar-refractivity contribution in [3.63, 3.8) is 0 Å². The molecule has 1 aromatic carbocycles. The van der Waals surface area contributed by atoms with Gasteiger partial charge in [0.25, 0.3) is 0 Å². The molecule has 110 valence electrons. The number of benzene rings is 1. The number of carboxylic acids is 1. The summed E-state index contributed by atoms with van der Waals surface area (Å²) < 4.78 is 6.71. The van der Waals surface area contributed by atoms with Crippen LogP contribution in [-0.4, -0.2) is 20.9 Å². The highest BCUT2D eigenvalue weighted by molar-refractivity contribution is 5.85. The number of nitrogens with zero attached hydrogens (tertiary/aromatic N) is 2. The minimum Gasteiger partial charge on any atom is -0.476 e. The van der Waals surface area contributed by atoms with Gasteiger partial charge in [-0.3, -0.25) is 4.79 Å². The first-order valence-corrected chi connectivity index (χ1v) is 6.55. The van der Waals surface area contributed by atoms with E-state index in [1.807, 2.05) is 19.1 Å². The Morgan fingerprint density at radius 3 is 2.55 bits per heavy atom. The minimum absolute atomic E-state index is 0.392. The number of carbonyl (C=O) groups is 1. The van der Waals surface area contributed by atoms with Crippen LogP contribution in [0.15, 0.2) is 57.9 Å². The Morgan fingerprint density at radius 2 is 1.95 bits per heavy atom. The second kappa shape index (κ2) is 5.33. The molecule has 0 radical (unpaired) electrons. The Bertz CT molecular complexity index is 878. The third kappa shape index (κ3) is 2.42. The summed E-state index contributed by atoms with van der Waals surface area (Å²) in [6.45, 7) is 1.94. The third-order valence-corrected chi connectivity index (χ3v) is 3.18. The summed E-state index contributed by atoms with van der Waals surface area (Å²) in [5, 5.41) is 13.1. The average molecular weight is 296 g/mol. The zero-order valence-corrected chi connectivity index (χ0v) is 11.7.